The van der Waals surface area contributed by atoms with Gasteiger partial charge in [-0.15, -0.1) is 0 Å². The van der Waals surface area contributed by atoms with Gasteiger partial charge in [-0.25, -0.2) is 0 Å². The molecule has 0 aliphatic heterocycles. The molecule has 0 radical (unpaired) electrons. The molecule has 0 saturated carbocycles. The first-order valence-corrected chi connectivity index (χ1v) is 6.02. The minimum Gasteiger partial charge on any atom is -0.398 e. The zero-order chi connectivity index (χ0) is 12.1. The standard InChI is InChI=1S/C16H12N2/c17-13-6-3-4-10-8-9-12-11-5-1-2-7-14(11)18-16(12)15(10)13/h1-9,18H,17H2. The fourth-order valence-corrected chi connectivity index (χ4v) is 2.72. The lowest BCUT2D eigenvalue weighted by molar-refractivity contribution is 1.56. The lowest BCUT2D eigenvalue weighted by atomic mass is 10.0. The molecule has 0 fully saturated rings. The van der Waals surface area contributed by atoms with Crippen LogP contribution in [0.25, 0.3) is 32.6 Å². The number of aromatic nitrogens is 1. The van der Waals surface area contributed by atoms with E-state index in [1.54, 1.807) is 0 Å². The summed E-state index contributed by atoms with van der Waals surface area (Å²) in [7, 11) is 0. The summed E-state index contributed by atoms with van der Waals surface area (Å²) in [5, 5.41) is 4.77. The number of fused-ring (bicyclic) bond motifs is 5. The Morgan fingerprint density at radius 1 is 0.778 bits per heavy atom. The van der Waals surface area contributed by atoms with Crippen LogP contribution in [0.3, 0.4) is 0 Å². The summed E-state index contributed by atoms with van der Waals surface area (Å²) < 4.78 is 0. The van der Waals surface area contributed by atoms with E-state index >= 15 is 0 Å². The SMILES string of the molecule is Nc1cccc2ccc3c4ccccc4[nH]c3c12. The van der Waals surface area contributed by atoms with Crippen molar-refractivity contribution in [3.05, 3.63) is 54.6 Å². The number of H-pyrrole nitrogens is 1. The molecule has 0 amide bonds. The van der Waals surface area contributed by atoms with Gasteiger partial charge in [0.15, 0.2) is 0 Å². The van der Waals surface area contributed by atoms with Crippen LogP contribution in [0.15, 0.2) is 54.6 Å². The van der Waals surface area contributed by atoms with Crippen molar-refractivity contribution in [2.45, 2.75) is 0 Å². The number of nitrogens with one attached hydrogen (secondary N) is 1. The summed E-state index contributed by atoms with van der Waals surface area (Å²) in [6.07, 6.45) is 0. The summed E-state index contributed by atoms with van der Waals surface area (Å²) in [4.78, 5) is 3.48. The van der Waals surface area contributed by atoms with Crippen LogP contribution in [0.5, 0.6) is 0 Å². The Kier molecular flexibility index (Phi) is 1.73. The van der Waals surface area contributed by atoms with Crippen LogP contribution in [0.2, 0.25) is 0 Å². The van der Waals surface area contributed by atoms with Gasteiger partial charge in [0, 0.05) is 27.4 Å². The molecule has 0 aliphatic carbocycles. The van der Waals surface area contributed by atoms with Crippen molar-refractivity contribution in [3.63, 3.8) is 0 Å². The molecule has 2 nitrogen and oxygen atoms in total. The fourth-order valence-electron chi connectivity index (χ4n) is 2.72. The molecular weight excluding hydrogens is 220 g/mol. The summed E-state index contributed by atoms with van der Waals surface area (Å²) in [6.45, 7) is 0. The van der Waals surface area contributed by atoms with Crippen LogP contribution >= 0.6 is 0 Å². The predicted molar refractivity (Wildman–Crippen MR) is 77.7 cm³/mol. The second-order valence-electron chi connectivity index (χ2n) is 4.60. The Morgan fingerprint density at radius 2 is 1.67 bits per heavy atom. The van der Waals surface area contributed by atoms with E-state index in [4.69, 9.17) is 5.73 Å². The summed E-state index contributed by atoms with van der Waals surface area (Å²) >= 11 is 0. The normalized spacial score (nSPS) is 11.6. The van der Waals surface area contributed by atoms with Crippen molar-refractivity contribution in [3.8, 4) is 0 Å². The van der Waals surface area contributed by atoms with E-state index < -0.39 is 0 Å². The quantitative estimate of drug-likeness (QED) is 0.441. The lowest BCUT2D eigenvalue weighted by Crippen LogP contribution is -1.87. The topological polar surface area (TPSA) is 41.8 Å². The van der Waals surface area contributed by atoms with E-state index in [2.05, 4.69) is 41.4 Å². The van der Waals surface area contributed by atoms with Gasteiger partial charge in [0.25, 0.3) is 0 Å². The van der Waals surface area contributed by atoms with Crippen LogP contribution in [-0.2, 0) is 0 Å². The molecule has 3 N–H and O–H groups in total. The molecule has 0 bridgehead atoms. The number of hydrogen-bond acceptors (Lipinski definition) is 1. The summed E-state index contributed by atoms with van der Waals surface area (Å²) in [5.41, 5.74) is 9.23. The van der Waals surface area contributed by atoms with Crippen molar-refractivity contribution in [2.24, 2.45) is 0 Å². The molecular formula is C16H12N2. The van der Waals surface area contributed by atoms with Crippen LogP contribution in [0, 0.1) is 0 Å². The molecule has 2 heteroatoms. The number of hydrogen-bond donors (Lipinski definition) is 2. The van der Waals surface area contributed by atoms with Gasteiger partial charge >= 0.3 is 0 Å². The zero-order valence-electron chi connectivity index (χ0n) is 9.77. The molecule has 86 valence electrons. The molecule has 1 aromatic heterocycles. The average Bonchev–Trinajstić information content (AvgIpc) is 2.77. The average molecular weight is 232 g/mol. The van der Waals surface area contributed by atoms with E-state index in [0.717, 1.165) is 22.1 Å². The van der Waals surface area contributed by atoms with E-state index in [1.165, 1.54) is 16.2 Å². The highest BCUT2D eigenvalue weighted by Crippen LogP contribution is 2.33. The minimum atomic E-state index is 0.824. The lowest BCUT2D eigenvalue weighted by Gasteiger charge is -2.03. The molecule has 1 heterocycles. The predicted octanol–water partition coefficient (Wildman–Crippen LogP) is 4.06. The highest BCUT2D eigenvalue weighted by molar-refractivity contribution is 6.19. The smallest absolute Gasteiger partial charge is 0.0565 e. The van der Waals surface area contributed by atoms with Gasteiger partial charge in [0.2, 0.25) is 0 Å². The maximum absolute atomic E-state index is 6.12. The number of aromatic amines is 1. The van der Waals surface area contributed by atoms with Crippen molar-refractivity contribution >= 4 is 38.3 Å². The number of anilines is 1. The van der Waals surface area contributed by atoms with Gasteiger partial charge in [0.05, 0.1) is 5.52 Å². The molecule has 0 aliphatic rings. The summed E-state index contributed by atoms with van der Waals surface area (Å²) in [5.74, 6) is 0. The number of nitrogens with two attached hydrogens (primary N) is 1. The molecule has 4 aromatic rings. The second kappa shape index (κ2) is 3.26. The van der Waals surface area contributed by atoms with Gasteiger partial charge in [-0.3, -0.25) is 0 Å². The van der Waals surface area contributed by atoms with Crippen molar-refractivity contribution in [1.82, 2.24) is 4.98 Å². The largest absolute Gasteiger partial charge is 0.398 e. The number of benzene rings is 3. The van der Waals surface area contributed by atoms with Gasteiger partial charge in [-0.05, 0) is 17.5 Å². The number of para-hydroxylation sites is 1. The van der Waals surface area contributed by atoms with Gasteiger partial charge in [-0.1, -0.05) is 42.5 Å². The van der Waals surface area contributed by atoms with Crippen LogP contribution in [-0.4, -0.2) is 4.98 Å². The summed E-state index contributed by atoms with van der Waals surface area (Å²) in [6, 6.07) is 18.7. The number of nitrogen functional groups attached to an aromatic ring is 1. The van der Waals surface area contributed by atoms with Gasteiger partial charge in [-0.2, -0.15) is 0 Å². The Labute approximate surface area is 104 Å². The van der Waals surface area contributed by atoms with E-state index in [-0.39, 0.29) is 0 Å². The molecule has 0 atom stereocenters. The molecule has 3 aromatic carbocycles. The fraction of sp³-hybridized carbons (Fsp3) is 0. The molecule has 18 heavy (non-hydrogen) atoms. The Morgan fingerprint density at radius 3 is 2.61 bits per heavy atom. The van der Waals surface area contributed by atoms with Crippen LogP contribution in [0.4, 0.5) is 5.69 Å². The maximum Gasteiger partial charge on any atom is 0.0565 e. The van der Waals surface area contributed by atoms with Crippen LogP contribution < -0.4 is 5.73 Å². The second-order valence-corrected chi connectivity index (χ2v) is 4.60. The van der Waals surface area contributed by atoms with Gasteiger partial charge in [0.1, 0.15) is 0 Å². The molecule has 4 rings (SSSR count). The van der Waals surface area contributed by atoms with Crippen LogP contribution in [0.1, 0.15) is 0 Å². The monoisotopic (exact) mass is 232 g/mol. The third-order valence-corrected chi connectivity index (χ3v) is 3.55. The van der Waals surface area contributed by atoms with Crippen molar-refractivity contribution < 1.29 is 0 Å². The first-order valence-electron chi connectivity index (χ1n) is 6.02. The maximum atomic E-state index is 6.12. The Bertz CT molecular complexity index is 887. The first-order chi connectivity index (χ1) is 8.84. The highest BCUT2D eigenvalue weighted by Gasteiger charge is 2.08. The van der Waals surface area contributed by atoms with Gasteiger partial charge < -0.3 is 10.7 Å². The minimum absolute atomic E-state index is 0.824. The van der Waals surface area contributed by atoms with Crippen molar-refractivity contribution in [2.75, 3.05) is 5.73 Å². The first kappa shape index (κ1) is 9.54. The van der Waals surface area contributed by atoms with E-state index in [9.17, 15) is 0 Å². The number of rotatable bonds is 0. The zero-order valence-corrected chi connectivity index (χ0v) is 9.77. The highest BCUT2D eigenvalue weighted by atomic mass is 14.7. The molecule has 0 saturated heterocycles. The third-order valence-electron chi connectivity index (χ3n) is 3.55. The Balaban J connectivity index is 2.35. The van der Waals surface area contributed by atoms with Crippen molar-refractivity contribution in [1.29, 1.82) is 0 Å². The Hall–Kier alpha value is -2.48. The molecule has 0 spiro atoms. The van der Waals surface area contributed by atoms with E-state index in [1.807, 2.05) is 18.2 Å². The third kappa shape index (κ3) is 1.12. The molecule has 0 unspecified atom stereocenters. The van der Waals surface area contributed by atoms with E-state index in [0.29, 0.717) is 0 Å².